The predicted octanol–water partition coefficient (Wildman–Crippen LogP) is 4.97. The van der Waals surface area contributed by atoms with E-state index in [-0.39, 0.29) is 50.4 Å². The molecule has 1 fully saturated rings. The summed E-state index contributed by atoms with van der Waals surface area (Å²) in [5.41, 5.74) is 3.81. The van der Waals surface area contributed by atoms with Crippen LogP contribution in [0.5, 0.6) is 11.5 Å². The smallest absolute Gasteiger partial charge is 0.266 e. The van der Waals surface area contributed by atoms with Crippen LogP contribution in [0.15, 0.2) is 73.1 Å². The highest BCUT2D eigenvalue weighted by molar-refractivity contribution is 7.21. The number of pyridine rings is 2. The molecule has 2 aliphatic heterocycles. The van der Waals surface area contributed by atoms with Crippen molar-refractivity contribution in [2.24, 2.45) is 0 Å². The van der Waals surface area contributed by atoms with Gasteiger partial charge in [0.15, 0.2) is 0 Å². The molecule has 1 unspecified atom stereocenters. The number of amides is 4. The van der Waals surface area contributed by atoms with E-state index in [9.17, 15) is 19.2 Å². The van der Waals surface area contributed by atoms with E-state index < -0.39 is 29.7 Å². The molecule has 1 saturated heterocycles. The molecule has 0 aliphatic carbocycles. The minimum atomic E-state index is -1.04. The van der Waals surface area contributed by atoms with Crippen molar-refractivity contribution in [1.82, 2.24) is 25.2 Å². The van der Waals surface area contributed by atoms with E-state index in [1.54, 1.807) is 36.8 Å². The average molecular weight is 695 g/mol. The van der Waals surface area contributed by atoms with Gasteiger partial charge in [-0.3, -0.25) is 34.4 Å². The van der Waals surface area contributed by atoms with Crippen LogP contribution < -0.4 is 20.1 Å². The Morgan fingerprint density at radius 3 is 2.54 bits per heavy atom. The van der Waals surface area contributed by atoms with Crippen LogP contribution >= 0.6 is 11.3 Å². The molecule has 1 atom stereocenters. The molecule has 256 valence electrons. The van der Waals surface area contributed by atoms with Crippen molar-refractivity contribution >= 4 is 51.0 Å². The first-order valence-electron chi connectivity index (χ1n) is 15.6. The van der Waals surface area contributed by atoms with Gasteiger partial charge in [-0.15, -0.1) is 11.3 Å². The topological polar surface area (TPSA) is 162 Å². The molecule has 5 heterocycles. The third-order valence-corrected chi connectivity index (χ3v) is 9.20. The van der Waals surface area contributed by atoms with Crippen molar-refractivity contribution < 1.29 is 33.4 Å². The molecule has 14 heteroatoms. The number of nitrogens with zero attached hydrogens (tertiary/aromatic N) is 4. The van der Waals surface area contributed by atoms with E-state index in [0.717, 1.165) is 42.7 Å². The Kier molecular flexibility index (Phi) is 10.1. The molecule has 13 nitrogen and oxygen atoms in total. The maximum atomic E-state index is 13.2. The number of methoxy groups -OCH3 is 1. The van der Waals surface area contributed by atoms with Gasteiger partial charge < -0.3 is 19.5 Å². The number of hydrogen-bond acceptors (Lipinski definition) is 12. The van der Waals surface area contributed by atoms with Gasteiger partial charge in [-0.2, -0.15) is 0 Å². The number of imide groups is 2. The summed E-state index contributed by atoms with van der Waals surface area (Å²) in [7, 11) is 1.65. The summed E-state index contributed by atoms with van der Waals surface area (Å²) in [4.78, 5) is 64.8. The number of carbonyl (C=O) groups is 4. The monoisotopic (exact) mass is 694 g/mol. The van der Waals surface area contributed by atoms with Gasteiger partial charge in [0.05, 0.1) is 47.4 Å². The zero-order chi connectivity index (χ0) is 33.9. The maximum Gasteiger partial charge on any atom is 0.266 e. The van der Waals surface area contributed by atoms with Gasteiger partial charge in [0, 0.05) is 36.5 Å². The lowest BCUT2D eigenvalue weighted by molar-refractivity contribution is -0.136. The Balaban J connectivity index is 0.00000432. The second kappa shape index (κ2) is 14.8. The zero-order valence-corrected chi connectivity index (χ0v) is 27.1. The highest BCUT2D eigenvalue weighted by atomic mass is 32.1. The van der Waals surface area contributed by atoms with Gasteiger partial charge in [-0.25, -0.2) is 9.97 Å². The number of hydrogen-bond donors (Lipinski definition) is 2. The van der Waals surface area contributed by atoms with E-state index in [1.807, 2.05) is 48.7 Å². The van der Waals surface area contributed by atoms with Crippen molar-refractivity contribution in [3.05, 3.63) is 84.2 Å². The fourth-order valence-electron chi connectivity index (χ4n) is 5.66. The first kappa shape index (κ1) is 34.1. The maximum absolute atomic E-state index is 13.2. The summed E-state index contributed by atoms with van der Waals surface area (Å²) < 4.78 is 17.8. The number of ether oxygens (including phenoxy) is 3. The van der Waals surface area contributed by atoms with Gasteiger partial charge in [0.25, 0.3) is 11.8 Å². The first-order chi connectivity index (χ1) is 23.9. The number of aromatic nitrogens is 3. The third-order valence-electron chi connectivity index (χ3n) is 8.13. The SMILES string of the molecule is C.COc1ccc2nc(-c3ccc(-c4ccc(NCCOCCOc5cccc6c5C(=O)N(C5CCC(=O)NC5=O)C6=O)nc4)nc3)sc2c1. The number of fused-ring (bicyclic) bond motifs is 2. The van der Waals surface area contributed by atoms with Crippen LogP contribution in [0.3, 0.4) is 0 Å². The Hall–Kier alpha value is -5.73. The Morgan fingerprint density at radius 1 is 0.940 bits per heavy atom. The number of thiazole rings is 1. The molecular weight excluding hydrogens is 660 g/mol. The lowest BCUT2D eigenvalue weighted by Gasteiger charge is -2.27. The fraction of sp³-hybridized carbons (Fsp3) is 0.250. The number of anilines is 1. The minimum absolute atomic E-state index is 0. The first-order valence-corrected chi connectivity index (χ1v) is 16.4. The molecule has 50 heavy (non-hydrogen) atoms. The molecule has 0 radical (unpaired) electrons. The summed E-state index contributed by atoms with van der Waals surface area (Å²) in [5, 5.41) is 6.30. The number of nitrogens with one attached hydrogen (secondary N) is 2. The average Bonchev–Trinajstić information content (AvgIpc) is 3.66. The second-order valence-electron chi connectivity index (χ2n) is 11.2. The van der Waals surface area contributed by atoms with E-state index in [1.165, 1.54) is 6.07 Å². The van der Waals surface area contributed by atoms with Crippen LogP contribution in [0.1, 0.15) is 41.0 Å². The lowest BCUT2D eigenvalue weighted by Crippen LogP contribution is -2.54. The summed E-state index contributed by atoms with van der Waals surface area (Å²) in [6, 6.07) is 17.3. The standard InChI is InChI=1S/C35H30N6O7S.CH4/c1-46-22-7-9-25-28(17-22)49-33(39-25)21-5-8-24(37-19-21)20-6-11-29(38-18-20)36-13-14-47-15-16-48-27-4-2-3-23-31(27)35(45)41(34(23)44)26-10-12-30(42)40-32(26)43;/h2-9,11,17-19,26H,10,12-16H2,1H3,(H,36,38)(H,40,42,43);1H4. The number of benzene rings is 2. The highest BCUT2D eigenvalue weighted by Crippen LogP contribution is 2.34. The van der Waals surface area contributed by atoms with E-state index >= 15 is 0 Å². The van der Waals surface area contributed by atoms with Crippen LogP contribution in [-0.4, -0.2) is 83.0 Å². The van der Waals surface area contributed by atoms with Crippen LogP contribution in [0, 0.1) is 0 Å². The molecular formula is C36H34N6O7S. The summed E-state index contributed by atoms with van der Waals surface area (Å²) >= 11 is 1.59. The van der Waals surface area contributed by atoms with Crippen molar-refractivity contribution in [3.63, 3.8) is 0 Å². The molecule has 0 bridgehead atoms. The van der Waals surface area contributed by atoms with Gasteiger partial charge in [-0.1, -0.05) is 13.5 Å². The van der Waals surface area contributed by atoms with Crippen molar-refractivity contribution in [1.29, 1.82) is 0 Å². The van der Waals surface area contributed by atoms with Gasteiger partial charge in [0.1, 0.15) is 35.0 Å². The molecule has 4 amide bonds. The summed E-state index contributed by atoms with van der Waals surface area (Å²) in [6.45, 7) is 1.26. The van der Waals surface area contributed by atoms with Gasteiger partial charge in [-0.05, 0) is 61.0 Å². The largest absolute Gasteiger partial charge is 0.497 e. The molecule has 0 saturated carbocycles. The minimum Gasteiger partial charge on any atom is -0.497 e. The molecule has 5 aromatic rings. The van der Waals surface area contributed by atoms with Crippen LogP contribution in [0.2, 0.25) is 0 Å². The number of carbonyl (C=O) groups excluding carboxylic acids is 4. The lowest BCUT2D eigenvalue weighted by atomic mass is 10.0. The molecule has 3 aromatic heterocycles. The van der Waals surface area contributed by atoms with Crippen LogP contribution in [0.25, 0.3) is 32.0 Å². The van der Waals surface area contributed by atoms with Crippen molar-refractivity contribution in [2.45, 2.75) is 26.3 Å². The second-order valence-corrected chi connectivity index (χ2v) is 12.3. The molecule has 0 spiro atoms. The van der Waals surface area contributed by atoms with Gasteiger partial charge in [0.2, 0.25) is 11.8 Å². The van der Waals surface area contributed by atoms with Crippen LogP contribution in [-0.2, 0) is 14.3 Å². The molecule has 2 N–H and O–H groups in total. The Bertz CT molecular complexity index is 2070. The number of piperidine rings is 1. The summed E-state index contributed by atoms with van der Waals surface area (Å²) in [6.07, 6.45) is 3.71. The normalized spacial score (nSPS) is 15.5. The Labute approximate surface area is 291 Å². The van der Waals surface area contributed by atoms with E-state index in [2.05, 4.69) is 20.6 Å². The predicted molar refractivity (Wildman–Crippen MR) is 187 cm³/mol. The molecule has 2 aromatic carbocycles. The zero-order valence-electron chi connectivity index (χ0n) is 26.3. The summed E-state index contributed by atoms with van der Waals surface area (Å²) in [5.74, 6) is -0.562. The molecule has 7 rings (SSSR count). The van der Waals surface area contributed by atoms with Crippen molar-refractivity contribution in [3.8, 4) is 33.3 Å². The third kappa shape index (κ3) is 6.88. The fourth-order valence-corrected chi connectivity index (χ4v) is 6.65. The van der Waals surface area contributed by atoms with E-state index in [4.69, 9.17) is 19.2 Å². The number of rotatable bonds is 12. The van der Waals surface area contributed by atoms with Crippen molar-refractivity contribution in [2.75, 3.05) is 38.8 Å². The Morgan fingerprint density at radius 2 is 1.78 bits per heavy atom. The highest BCUT2D eigenvalue weighted by Gasteiger charge is 2.46. The van der Waals surface area contributed by atoms with Gasteiger partial charge >= 0.3 is 0 Å². The molecule has 2 aliphatic rings. The van der Waals surface area contributed by atoms with E-state index in [0.29, 0.717) is 19.0 Å². The van der Waals surface area contributed by atoms with Crippen LogP contribution in [0.4, 0.5) is 5.82 Å². The quantitative estimate of drug-likeness (QED) is 0.134.